The Balaban J connectivity index is -0.0000000989. The summed E-state index contributed by atoms with van der Waals surface area (Å²) in [6.45, 7) is 78.6. The summed E-state index contributed by atoms with van der Waals surface area (Å²) in [6.07, 6.45) is 26.7. The van der Waals surface area contributed by atoms with Crippen LogP contribution < -0.4 is 0 Å². The topological polar surface area (TPSA) is 0 Å². The van der Waals surface area contributed by atoms with E-state index >= 15 is 0 Å². The number of rotatable bonds is 21. The lowest BCUT2D eigenvalue weighted by Gasteiger charge is -2.28. The third-order valence-corrected chi connectivity index (χ3v) is 17.0. The molecule has 0 spiro atoms. The fourth-order valence-electron chi connectivity index (χ4n) is 7.53. The highest BCUT2D eigenvalue weighted by Crippen LogP contribution is 2.35. The summed E-state index contributed by atoms with van der Waals surface area (Å²) in [5.74, 6) is 2.73. The van der Waals surface area contributed by atoms with Gasteiger partial charge in [0, 0.05) is 5.41 Å². The van der Waals surface area contributed by atoms with E-state index in [4.69, 9.17) is 0 Å². The third kappa shape index (κ3) is 61.9. The van der Waals surface area contributed by atoms with Crippen LogP contribution in [0, 0.1) is 58.7 Å². The normalized spacial score (nSPS) is 11.0. The summed E-state index contributed by atoms with van der Waals surface area (Å²) >= 11 is 0. The minimum atomic E-state index is 0. The van der Waals surface area contributed by atoms with Crippen molar-refractivity contribution in [2.24, 2.45) is 44.8 Å². The molecule has 77 heavy (non-hydrogen) atoms. The van der Waals surface area contributed by atoms with Crippen LogP contribution in [0.2, 0.25) is 0 Å². The largest absolute Gasteiger partial charge is 0.0776 e. The maximum absolute atomic E-state index is 2.35. The molecule has 0 aliphatic carbocycles. The second-order valence-corrected chi connectivity index (χ2v) is 27.0. The van der Waals surface area contributed by atoms with E-state index in [-0.39, 0.29) is 12.8 Å². The maximum atomic E-state index is 2.35. The zero-order chi connectivity index (χ0) is 61.8. The first-order valence-corrected chi connectivity index (χ1v) is 33.2. The van der Waals surface area contributed by atoms with Gasteiger partial charge in [0.05, 0.1) is 0 Å². The Kier molecular flexibility index (Phi) is 70.9. The number of hydrogen-bond donors (Lipinski definition) is 0. The van der Waals surface area contributed by atoms with Crippen molar-refractivity contribution in [1.82, 2.24) is 0 Å². The van der Waals surface area contributed by atoms with Crippen LogP contribution >= 0.6 is 0 Å². The van der Waals surface area contributed by atoms with Gasteiger partial charge in [0.2, 0.25) is 0 Å². The molecule has 0 atom stereocenters. The van der Waals surface area contributed by atoms with E-state index in [0.717, 1.165) is 17.8 Å². The molecule has 0 heteroatoms. The van der Waals surface area contributed by atoms with E-state index in [1.807, 2.05) is 0 Å². The second-order valence-electron chi connectivity index (χ2n) is 27.0. The number of hydrogen-bond acceptors (Lipinski definition) is 0. The smallest absolute Gasteiger partial charge is 0.0146 e. The van der Waals surface area contributed by atoms with Gasteiger partial charge in [-0.05, 0) is 69.8 Å². The Morgan fingerprint density at radius 2 is 0.545 bits per heavy atom. The summed E-state index contributed by atoms with van der Waals surface area (Å²) in [6, 6.07) is 17.7. The Bertz CT molecular complexity index is 1230. The first kappa shape index (κ1) is 94.7. The van der Waals surface area contributed by atoms with E-state index in [2.05, 4.69) is 291 Å². The van der Waals surface area contributed by atoms with Gasteiger partial charge in [0.1, 0.15) is 0 Å². The minimum absolute atomic E-state index is 0. The molecular formula is C77H160. The molecule has 2 rings (SSSR count). The lowest BCUT2D eigenvalue weighted by Crippen LogP contribution is -2.18. The fraction of sp³-hybridized carbons (Fsp3) is 0.844. The first-order chi connectivity index (χ1) is 35.0. The lowest BCUT2D eigenvalue weighted by molar-refractivity contribution is 0.240. The van der Waals surface area contributed by atoms with Crippen LogP contribution in [0.25, 0.3) is 0 Å². The van der Waals surface area contributed by atoms with Crippen LogP contribution in [0.15, 0.2) is 48.5 Å². The average molecular weight is 1090 g/mol. The van der Waals surface area contributed by atoms with Crippen LogP contribution in [0.5, 0.6) is 0 Å². The summed E-state index contributed by atoms with van der Waals surface area (Å²) in [5, 5.41) is 0. The molecule has 2 aromatic rings. The highest BCUT2D eigenvalue weighted by Gasteiger charge is 2.23. The van der Waals surface area contributed by atoms with Crippen LogP contribution in [0.4, 0.5) is 0 Å². The zero-order valence-electron chi connectivity index (χ0n) is 60.5. The van der Waals surface area contributed by atoms with E-state index in [1.54, 1.807) is 0 Å². The molecule has 0 unspecified atom stereocenters. The van der Waals surface area contributed by atoms with Gasteiger partial charge in [0.25, 0.3) is 0 Å². The fourth-order valence-corrected chi connectivity index (χ4v) is 7.53. The molecule has 0 bridgehead atoms. The average Bonchev–Trinajstić information content (AvgIpc) is 3.39. The SMILES string of the molecule is C.CC(C)(C)C.CC(C)C.CCC.CCC(C)(C)CC.CCC(C)(CC)CC.CCC(C)CC.CCC(CC)(CC)CC.CCC(CC)(CC)CC.CCCC(C)CCC.Cc1ccc(C(C)(C)c2ccc(C)cc2)cc1. The van der Waals surface area contributed by atoms with Gasteiger partial charge in [0.15, 0.2) is 0 Å². The molecule has 2 aromatic carbocycles. The van der Waals surface area contributed by atoms with Gasteiger partial charge in [-0.3, -0.25) is 0 Å². The molecule has 0 saturated carbocycles. The summed E-state index contributed by atoms with van der Waals surface area (Å²) < 4.78 is 0. The van der Waals surface area contributed by atoms with Crippen molar-refractivity contribution >= 4 is 0 Å². The molecule has 0 fully saturated rings. The molecule has 0 N–H and O–H groups in total. The highest BCUT2D eigenvalue weighted by atomic mass is 14.3. The van der Waals surface area contributed by atoms with Gasteiger partial charge in [-0.25, -0.2) is 0 Å². The molecule has 0 aliphatic rings. The molecule has 0 saturated heterocycles. The van der Waals surface area contributed by atoms with Crippen molar-refractivity contribution in [2.45, 2.75) is 384 Å². The van der Waals surface area contributed by atoms with Crippen molar-refractivity contribution in [1.29, 1.82) is 0 Å². The predicted molar refractivity (Wildman–Crippen MR) is 372 cm³/mol. The van der Waals surface area contributed by atoms with E-state index in [0.29, 0.717) is 27.1 Å². The highest BCUT2D eigenvalue weighted by molar-refractivity contribution is 5.39. The van der Waals surface area contributed by atoms with Gasteiger partial charge >= 0.3 is 0 Å². The standard InChI is InChI=1S/C17H20.2C9H20.2C8H18.C7H16.C6H14.C5H12.C4H10.C3H8.CH4/c1-13-5-9-15(10-6-13)17(3,4)16-11-7-14(2)8-12-16;2*1-5-9(6-2,7-3)8-4;1-5-8(4,6-2)7-3;1-4-6-8(3)7-5-2;1-5-7(3,4)6-2;1-4-6(3)5-2;1-5(2,3)4;1-4(2)3;1-3-2;/h5-12H,1-4H3;2*5-8H2,1-4H3;5-7H2,1-4H3;8H,4-7H2,1-3H3;5-6H2,1-4H3;6H,4-5H2,1-3H3;1-4H3;4H,1-3H3;3H2,1-2H3;1H4. The quantitative estimate of drug-likeness (QED) is 0.117. The maximum Gasteiger partial charge on any atom is 0.0146 e. The second kappa shape index (κ2) is 57.7. The Morgan fingerprint density at radius 3 is 0.636 bits per heavy atom. The van der Waals surface area contributed by atoms with Crippen molar-refractivity contribution in [3.8, 4) is 0 Å². The summed E-state index contributed by atoms with van der Waals surface area (Å²) in [5.41, 5.74) is 8.47. The van der Waals surface area contributed by atoms with E-state index in [1.165, 1.54) is 151 Å². The first-order valence-electron chi connectivity index (χ1n) is 33.2. The molecular weight excluding hydrogens is 925 g/mol. The molecule has 0 heterocycles. The molecule has 0 radical (unpaired) electrons. The monoisotopic (exact) mass is 1090 g/mol. The van der Waals surface area contributed by atoms with Gasteiger partial charge in [-0.1, -0.05) is 424 Å². The van der Waals surface area contributed by atoms with Crippen molar-refractivity contribution in [3.05, 3.63) is 70.8 Å². The number of aryl methyl sites for hydroxylation is 2. The molecule has 0 aliphatic heterocycles. The van der Waals surface area contributed by atoms with E-state index < -0.39 is 0 Å². The lowest BCUT2D eigenvalue weighted by atomic mass is 9.78. The molecule has 0 amide bonds. The summed E-state index contributed by atoms with van der Waals surface area (Å²) in [7, 11) is 0. The van der Waals surface area contributed by atoms with Gasteiger partial charge in [-0.2, -0.15) is 0 Å². The van der Waals surface area contributed by atoms with Crippen LogP contribution in [0.3, 0.4) is 0 Å². The molecule has 0 aromatic heterocycles. The van der Waals surface area contributed by atoms with Crippen LogP contribution in [0.1, 0.15) is 387 Å². The Morgan fingerprint density at radius 1 is 0.338 bits per heavy atom. The predicted octanol–water partition coefficient (Wildman–Crippen LogP) is 29.3. The molecule has 0 nitrogen and oxygen atoms in total. The Labute approximate surface area is 496 Å². The zero-order valence-corrected chi connectivity index (χ0v) is 60.5. The van der Waals surface area contributed by atoms with Crippen molar-refractivity contribution in [2.75, 3.05) is 0 Å². The summed E-state index contributed by atoms with van der Waals surface area (Å²) in [4.78, 5) is 0. The van der Waals surface area contributed by atoms with E-state index in [9.17, 15) is 0 Å². The van der Waals surface area contributed by atoms with Gasteiger partial charge < -0.3 is 0 Å². The molecule has 468 valence electrons. The van der Waals surface area contributed by atoms with Crippen LogP contribution in [-0.2, 0) is 5.41 Å². The van der Waals surface area contributed by atoms with Crippen molar-refractivity contribution in [3.63, 3.8) is 0 Å². The third-order valence-electron chi connectivity index (χ3n) is 17.0. The van der Waals surface area contributed by atoms with Crippen molar-refractivity contribution < 1.29 is 0 Å². The minimum Gasteiger partial charge on any atom is -0.0776 e. The number of benzene rings is 2. The van der Waals surface area contributed by atoms with Gasteiger partial charge in [-0.15, -0.1) is 0 Å². The van der Waals surface area contributed by atoms with Crippen LogP contribution in [-0.4, -0.2) is 0 Å². The Hall–Kier alpha value is -1.56.